The summed E-state index contributed by atoms with van der Waals surface area (Å²) in [5, 5.41) is 84.0. The van der Waals surface area contributed by atoms with E-state index in [9.17, 15) is 54.1 Å². The number of aliphatic hydroxyl groups excluding tert-OH is 8. The zero-order valence-electron chi connectivity index (χ0n) is 21.2. The first-order valence-corrected chi connectivity index (χ1v) is 13.5. The lowest BCUT2D eigenvalue weighted by Gasteiger charge is -2.49. The van der Waals surface area contributed by atoms with Crippen LogP contribution in [0.3, 0.4) is 0 Å². The van der Waals surface area contributed by atoms with Gasteiger partial charge < -0.3 is 69.9 Å². The molecule has 1 amide bonds. The molecular formula is C20H35NO18S. The molecule has 3 rings (SSSR count). The highest BCUT2D eigenvalue weighted by molar-refractivity contribution is 7.80. The maximum Gasteiger partial charge on any atom is 0.397 e. The van der Waals surface area contributed by atoms with Crippen molar-refractivity contribution in [1.82, 2.24) is 5.32 Å². The van der Waals surface area contributed by atoms with E-state index in [1.54, 1.807) is 0 Å². The van der Waals surface area contributed by atoms with E-state index in [1.165, 1.54) is 6.92 Å². The Hall–Kier alpha value is -1.18. The first-order valence-electron chi connectivity index (χ1n) is 12.1. The molecule has 3 saturated heterocycles. The van der Waals surface area contributed by atoms with Crippen molar-refractivity contribution < 1.29 is 86.5 Å². The van der Waals surface area contributed by atoms with Gasteiger partial charge in [0.2, 0.25) is 5.91 Å². The fourth-order valence-electron chi connectivity index (χ4n) is 4.64. The highest BCUT2D eigenvalue weighted by Crippen LogP contribution is 2.33. The zero-order valence-corrected chi connectivity index (χ0v) is 22.0. The van der Waals surface area contributed by atoms with Crippen LogP contribution in [0.25, 0.3) is 0 Å². The minimum absolute atomic E-state index is 0.732. The Bertz CT molecular complexity index is 956. The molecule has 3 fully saturated rings. The molecule has 20 heteroatoms. The van der Waals surface area contributed by atoms with Gasteiger partial charge in [0.05, 0.1) is 19.3 Å². The van der Waals surface area contributed by atoms with E-state index in [1.807, 2.05) is 0 Å². The molecule has 3 heterocycles. The lowest BCUT2D eigenvalue weighted by molar-refractivity contribution is -0.369. The summed E-state index contributed by atoms with van der Waals surface area (Å²) in [7, 11) is -5.25. The van der Waals surface area contributed by atoms with Crippen LogP contribution in [-0.2, 0) is 43.1 Å². The Labute approximate surface area is 227 Å². The molecule has 40 heavy (non-hydrogen) atoms. The number of carbonyl (C=O) groups is 1. The van der Waals surface area contributed by atoms with Crippen molar-refractivity contribution in [3.8, 4) is 0 Å². The van der Waals surface area contributed by atoms with Gasteiger partial charge >= 0.3 is 10.4 Å². The molecule has 0 aromatic rings. The predicted molar refractivity (Wildman–Crippen MR) is 122 cm³/mol. The van der Waals surface area contributed by atoms with Gasteiger partial charge in [-0.3, -0.25) is 9.35 Å². The first-order chi connectivity index (χ1) is 18.6. The molecule has 0 aromatic carbocycles. The topological polar surface area (TPSA) is 301 Å². The molecule has 0 radical (unpaired) electrons. The molecule has 3 aliphatic heterocycles. The number of ether oxygens (including phenoxy) is 5. The summed E-state index contributed by atoms with van der Waals surface area (Å²) in [5.41, 5.74) is 0. The number of hydrogen-bond acceptors (Lipinski definition) is 17. The van der Waals surface area contributed by atoms with Crippen molar-refractivity contribution in [1.29, 1.82) is 0 Å². The Morgan fingerprint density at radius 3 is 1.90 bits per heavy atom. The fourth-order valence-corrected chi connectivity index (χ4v) is 5.15. The second-order valence-corrected chi connectivity index (χ2v) is 10.6. The van der Waals surface area contributed by atoms with Crippen LogP contribution in [0.2, 0.25) is 0 Å². The molecule has 0 spiro atoms. The van der Waals surface area contributed by atoms with E-state index in [-0.39, 0.29) is 0 Å². The van der Waals surface area contributed by atoms with Crippen LogP contribution in [-0.4, -0.2) is 165 Å². The minimum atomic E-state index is -5.25. The molecular weight excluding hydrogens is 574 g/mol. The van der Waals surface area contributed by atoms with Crippen LogP contribution in [0.5, 0.6) is 0 Å². The molecule has 0 aliphatic carbocycles. The van der Waals surface area contributed by atoms with Gasteiger partial charge in [0.1, 0.15) is 67.1 Å². The van der Waals surface area contributed by atoms with Gasteiger partial charge in [-0.05, 0) is 6.92 Å². The summed E-state index contributed by atoms with van der Waals surface area (Å²) in [6.45, 7) is 0.602. The number of carbonyl (C=O) groups excluding carboxylic acids is 1. The smallest absolute Gasteiger partial charge is 0.394 e. The highest BCUT2D eigenvalue weighted by atomic mass is 32.3. The monoisotopic (exact) mass is 609 g/mol. The zero-order chi connectivity index (χ0) is 30.1. The molecule has 1 unspecified atom stereocenters. The van der Waals surface area contributed by atoms with Gasteiger partial charge in [-0.25, -0.2) is 4.18 Å². The maximum atomic E-state index is 11.9. The standard InChI is InChI=1S/C20H35NO18S/c1-5-10(25)12(27)13(28)19(34-5)37-15-8(4-23)35-18(30)9(21-6(2)24)16(15)38-20-14(29)17(39-40(31,32)33)11(26)7(3-22)36-20/h5,7-20,22-23,25-30H,3-4H2,1-2H3,(H,21,24)(H,31,32,33)/t5-,7+,8+,9+,10+,11-,12+,13-,14+,15+,16+,17-,18?,19-,20-/m0/s1. The molecule has 19 nitrogen and oxygen atoms in total. The highest BCUT2D eigenvalue weighted by Gasteiger charge is 2.55. The van der Waals surface area contributed by atoms with Crippen molar-refractivity contribution in [2.75, 3.05) is 13.2 Å². The van der Waals surface area contributed by atoms with E-state index in [2.05, 4.69) is 9.50 Å². The van der Waals surface area contributed by atoms with E-state index in [4.69, 9.17) is 28.2 Å². The van der Waals surface area contributed by atoms with Gasteiger partial charge in [-0.1, -0.05) is 0 Å². The third-order valence-electron chi connectivity index (χ3n) is 6.66. The average Bonchev–Trinajstić information content (AvgIpc) is 2.87. The number of nitrogens with one attached hydrogen (secondary N) is 1. The molecule has 234 valence electrons. The Morgan fingerprint density at radius 2 is 1.35 bits per heavy atom. The van der Waals surface area contributed by atoms with Gasteiger partial charge in [0, 0.05) is 6.92 Å². The van der Waals surface area contributed by atoms with E-state index in [0.717, 1.165) is 6.92 Å². The van der Waals surface area contributed by atoms with Crippen LogP contribution in [0.4, 0.5) is 0 Å². The maximum absolute atomic E-state index is 11.9. The Balaban J connectivity index is 1.97. The largest absolute Gasteiger partial charge is 0.397 e. The van der Waals surface area contributed by atoms with Crippen molar-refractivity contribution >= 4 is 16.3 Å². The third-order valence-corrected chi connectivity index (χ3v) is 7.13. The quantitative estimate of drug-likeness (QED) is 0.109. The van der Waals surface area contributed by atoms with E-state index < -0.39 is 122 Å². The fraction of sp³-hybridized carbons (Fsp3) is 0.950. The Kier molecular flexibility index (Phi) is 11.2. The van der Waals surface area contributed by atoms with Gasteiger partial charge in [0.25, 0.3) is 0 Å². The molecule has 0 aromatic heterocycles. The number of rotatable bonds is 9. The molecule has 0 saturated carbocycles. The lowest BCUT2D eigenvalue weighted by atomic mass is 9.94. The van der Waals surface area contributed by atoms with E-state index in [0.29, 0.717) is 0 Å². The second kappa shape index (κ2) is 13.4. The van der Waals surface area contributed by atoms with Crippen LogP contribution in [0, 0.1) is 0 Å². The third kappa shape index (κ3) is 7.42. The van der Waals surface area contributed by atoms with Crippen molar-refractivity contribution in [2.24, 2.45) is 0 Å². The predicted octanol–water partition coefficient (Wildman–Crippen LogP) is -6.57. The first kappa shape index (κ1) is 33.3. The summed E-state index contributed by atoms with van der Waals surface area (Å²) >= 11 is 0. The van der Waals surface area contributed by atoms with Crippen LogP contribution < -0.4 is 5.32 Å². The number of amides is 1. The summed E-state index contributed by atoms with van der Waals surface area (Å²) in [5.74, 6) is -0.732. The average molecular weight is 610 g/mol. The van der Waals surface area contributed by atoms with Crippen molar-refractivity contribution in [2.45, 2.75) is 106 Å². The van der Waals surface area contributed by atoms with Crippen molar-refractivity contribution in [3.63, 3.8) is 0 Å². The van der Waals surface area contributed by atoms with E-state index >= 15 is 0 Å². The van der Waals surface area contributed by atoms with Gasteiger partial charge in [0.15, 0.2) is 18.9 Å². The molecule has 10 N–H and O–H groups in total. The number of hydrogen-bond donors (Lipinski definition) is 10. The summed E-state index contributed by atoms with van der Waals surface area (Å²) in [6, 6.07) is -1.56. The summed E-state index contributed by atoms with van der Waals surface area (Å²) in [4.78, 5) is 11.9. The van der Waals surface area contributed by atoms with Crippen LogP contribution in [0.1, 0.15) is 13.8 Å². The minimum Gasteiger partial charge on any atom is -0.394 e. The van der Waals surface area contributed by atoms with Crippen LogP contribution in [0.15, 0.2) is 0 Å². The molecule has 15 atom stereocenters. The van der Waals surface area contributed by atoms with Crippen molar-refractivity contribution in [3.05, 3.63) is 0 Å². The van der Waals surface area contributed by atoms with Gasteiger partial charge in [-0.2, -0.15) is 8.42 Å². The van der Waals surface area contributed by atoms with Crippen LogP contribution >= 0.6 is 0 Å². The lowest BCUT2D eigenvalue weighted by Crippen LogP contribution is -2.69. The molecule has 3 aliphatic rings. The summed E-state index contributed by atoms with van der Waals surface area (Å²) < 4.78 is 63.6. The summed E-state index contributed by atoms with van der Waals surface area (Å²) in [6.07, 6.45) is -24.5. The number of aliphatic hydroxyl groups is 8. The SMILES string of the molecule is CC(=O)N[C@H]1C(O)O[C@H](CO)[C@@H](O[C@@H]2O[C@@H](C)[C@@H](O)[C@@H](O)[C@@H]2O)[C@@H]1O[C@@H]1O[C@H](CO)[C@H](O)[C@H](OS(=O)(=O)O)[C@H]1O. The van der Waals surface area contributed by atoms with Gasteiger partial charge in [-0.15, -0.1) is 0 Å². The second-order valence-electron chi connectivity index (χ2n) is 9.55. The Morgan fingerprint density at radius 1 is 0.775 bits per heavy atom. The molecule has 0 bridgehead atoms. The normalized spacial score (nSPS) is 46.6.